The van der Waals surface area contributed by atoms with E-state index in [1.165, 1.54) is 128 Å². The maximum atomic E-state index is 12.9. The van der Waals surface area contributed by atoms with Crippen molar-refractivity contribution in [3.63, 3.8) is 0 Å². The van der Waals surface area contributed by atoms with E-state index in [2.05, 4.69) is 154 Å². The van der Waals surface area contributed by atoms with Gasteiger partial charge >= 0.3 is 17.9 Å². The number of unbranched alkanes of at least 4 members (excludes halogenated alkanes) is 27. The lowest BCUT2D eigenvalue weighted by atomic mass is 10.0. The summed E-state index contributed by atoms with van der Waals surface area (Å²) in [5, 5.41) is 0. The zero-order valence-corrected chi connectivity index (χ0v) is 52.8. The molecule has 0 heterocycles. The first-order valence-corrected chi connectivity index (χ1v) is 33.7. The Kier molecular flexibility index (Phi) is 64.3. The lowest BCUT2D eigenvalue weighted by Gasteiger charge is -2.18. The molecular weight excluding hydrogens is 997 g/mol. The molecule has 0 N–H and O–H groups in total. The van der Waals surface area contributed by atoms with Crippen molar-refractivity contribution in [2.45, 2.75) is 309 Å². The monoisotopic (exact) mass is 1120 g/mol. The normalized spacial score (nSPS) is 13.0. The van der Waals surface area contributed by atoms with Gasteiger partial charge in [0.25, 0.3) is 0 Å². The van der Waals surface area contributed by atoms with Crippen LogP contribution in [0.2, 0.25) is 0 Å². The van der Waals surface area contributed by atoms with Crippen molar-refractivity contribution in [1.82, 2.24) is 0 Å². The van der Waals surface area contributed by atoms with E-state index in [1.54, 1.807) is 0 Å². The average molecular weight is 1120 g/mol. The number of esters is 3. The summed E-state index contributed by atoms with van der Waals surface area (Å²) >= 11 is 0. The molecule has 0 aromatic carbocycles. The van der Waals surface area contributed by atoms with Crippen LogP contribution in [0.4, 0.5) is 0 Å². The minimum Gasteiger partial charge on any atom is -0.462 e. The number of rotatable bonds is 60. The fourth-order valence-electron chi connectivity index (χ4n) is 9.11. The van der Waals surface area contributed by atoms with Crippen LogP contribution < -0.4 is 0 Å². The first kappa shape index (κ1) is 76.5. The van der Waals surface area contributed by atoms with E-state index in [0.717, 1.165) is 128 Å². The van der Waals surface area contributed by atoms with Crippen LogP contribution in [0.5, 0.6) is 0 Å². The molecule has 0 aliphatic carbocycles. The fraction of sp³-hybridized carbons (Fsp3) is 0.667. The highest BCUT2D eigenvalue weighted by atomic mass is 16.6. The summed E-state index contributed by atoms with van der Waals surface area (Å²) in [6, 6.07) is 0. The molecule has 0 radical (unpaired) electrons. The second-order valence-corrected chi connectivity index (χ2v) is 22.0. The summed E-state index contributed by atoms with van der Waals surface area (Å²) in [5.74, 6) is -0.950. The summed E-state index contributed by atoms with van der Waals surface area (Å²) in [7, 11) is 0. The summed E-state index contributed by atoms with van der Waals surface area (Å²) in [5.41, 5.74) is 0. The minimum atomic E-state index is -0.808. The molecule has 0 aliphatic rings. The molecule has 81 heavy (non-hydrogen) atoms. The van der Waals surface area contributed by atoms with Crippen molar-refractivity contribution in [3.8, 4) is 0 Å². The lowest BCUT2D eigenvalue weighted by Crippen LogP contribution is -2.30. The highest BCUT2D eigenvalue weighted by Gasteiger charge is 2.19. The van der Waals surface area contributed by atoms with Crippen molar-refractivity contribution in [2.75, 3.05) is 13.2 Å². The highest BCUT2D eigenvalue weighted by molar-refractivity contribution is 5.71. The Morgan fingerprint density at radius 3 is 0.802 bits per heavy atom. The molecule has 0 aromatic rings. The SMILES string of the molecule is CC/C=C\C/C=C\C/C=C\C/C=C\C/C=C\C/C=C\C/C=C\C/C=C\CCCCC(=O)OCC(COC(=O)CCCCCCCCCCCCCCCCCCC)OC(=O)CCCCCCCC/C=C\C/C=C\C/C=C\CCCCC. The molecule has 0 bridgehead atoms. The number of hydrogen-bond donors (Lipinski definition) is 0. The van der Waals surface area contributed by atoms with E-state index in [4.69, 9.17) is 14.2 Å². The van der Waals surface area contributed by atoms with Gasteiger partial charge in [0, 0.05) is 19.3 Å². The maximum Gasteiger partial charge on any atom is 0.306 e. The number of ether oxygens (including phenoxy) is 3. The quantitative estimate of drug-likeness (QED) is 0.0261. The Morgan fingerprint density at radius 1 is 0.259 bits per heavy atom. The third-order valence-corrected chi connectivity index (χ3v) is 14.1. The van der Waals surface area contributed by atoms with Gasteiger partial charge in [0.05, 0.1) is 0 Å². The van der Waals surface area contributed by atoms with Crippen LogP contribution in [0.3, 0.4) is 0 Å². The molecule has 460 valence electrons. The summed E-state index contributed by atoms with van der Waals surface area (Å²) in [6.45, 7) is 6.48. The van der Waals surface area contributed by atoms with E-state index in [0.29, 0.717) is 25.7 Å². The Morgan fingerprint density at radius 2 is 0.481 bits per heavy atom. The van der Waals surface area contributed by atoms with Gasteiger partial charge in [-0.1, -0.05) is 296 Å². The van der Waals surface area contributed by atoms with Gasteiger partial charge in [-0.25, -0.2) is 0 Å². The molecule has 6 heteroatoms. The van der Waals surface area contributed by atoms with E-state index >= 15 is 0 Å². The number of hydrogen-bond acceptors (Lipinski definition) is 6. The van der Waals surface area contributed by atoms with Crippen LogP contribution in [-0.4, -0.2) is 37.2 Å². The molecule has 0 amide bonds. The maximum absolute atomic E-state index is 12.9. The molecule has 0 spiro atoms. The first-order chi connectivity index (χ1) is 40.0. The van der Waals surface area contributed by atoms with Crippen LogP contribution in [0.1, 0.15) is 303 Å². The van der Waals surface area contributed by atoms with Crippen molar-refractivity contribution in [3.05, 3.63) is 134 Å². The molecule has 0 aliphatic heterocycles. The van der Waals surface area contributed by atoms with Crippen molar-refractivity contribution < 1.29 is 28.6 Å². The van der Waals surface area contributed by atoms with Gasteiger partial charge in [-0.2, -0.15) is 0 Å². The Hall–Kier alpha value is -4.45. The standard InChI is InChI=1S/C75H124O6/c1-4-7-10-13-16-19-22-25-28-31-33-34-35-36-37-38-39-40-42-44-47-50-53-56-59-62-65-68-74(77)80-71-72(70-79-73(76)67-64-61-58-55-52-49-46-43-30-27-24-21-18-15-12-9-6-3)81-75(78)69-66-63-60-57-54-51-48-45-41-32-29-26-23-20-17-14-11-8-5-2/h7,10,16-17,19-20,25-26,28-29,33-34,36-37,39-41,44-45,47,53,56,72H,4-6,8-9,11-15,18,21-24,27,30-32,35,38,42-43,46,48-52,54-55,57-71H2,1-3H3/b10-7-,19-16-,20-17-,28-25-,29-26-,34-33-,37-36-,40-39-,45-41-,47-44-,56-53-. The number of allylic oxidation sites excluding steroid dienone is 22. The highest BCUT2D eigenvalue weighted by Crippen LogP contribution is 2.16. The van der Waals surface area contributed by atoms with E-state index in [-0.39, 0.29) is 31.1 Å². The molecule has 0 saturated carbocycles. The van der Waals surface area contributed by atoms with Crippen molar-refractivity contribution in [1.29, 1.82) is 0 Å². The molecule has 0 rings (SSSR count). The molecule has 1 atom stereocenters. The zero-order chi connectivity index (χ0) is 58.5. The molecule has 1 unspecified atom stereocenters. The fourth-order valence-corrected chi connectivity index (χ4v) is 9.11. The van der Waals surface area contributed by atoms with E-state index < -0.39 is 6.10 Å². The third-order valence-electron chi connectivity index (χ3n) is 14.1. The second-order valence-electron chi connectivity index (χ2n) is 22.0. The van der Waals surface area contributed by atoms with E-state index in [9.17, 15) is 14.4 Å². The van der Waals surface area contributed by atoms with Gasteiger partial charge in [0.15, 0.2) is 6.10 Å². The van der Waals surface area contributed by atoms with Crippen LogP contribution in [-0.2, 0) is 28.6 Å². The second kappa shape index (κ2) is 68.1. The molecule has 0 aromatic heterocycles. The predicted octanol–water partition coefficient (Wildman–Crippen LogP) is 23.3. The Bertz CT molecular complexity index is 1720. The minimum absolute atomic E-state index is 0.0985. The van der Waals surface area contributed by atoms with Gasteiger partial charge in [0.1, 0.15) is 13.2 Å². The Balaban J connectivity index is 4.48. The van der Waals surface area contributed by atoms with Crippen LogP contribution in [0.15, 0.2) is 134 Å². The topological polar surface area (TPSA) is 78.9 Å². The third kappa shape index (κ3) is 66.2. The largest absolute Gasteiger partial charge is 0.462 e. The number of carbonyl (C=O) groups is 3. The summed E-state index contributed by atoms with van der Waals surface area (Å²) < 4.78 is 16.9. The Labute approximate surface area is 500 Å². The van der Waals surface area contributed by atoms with Crippen LogP contribution >= 0.6 is 0 Å². The van der Waals surface area contributed by atoms with Crippen molar-refractivity contribution in [2.24, 2.45) is 0 Å². The summed E-state index contributed by atoms with van der Waals surface area (Å²) in [4.78, 5) is 38.4. The first-order valence-electron chi connectivity index (χ1n) is 33.7. The smallest absolute Gasteiger partial charge is 0.306 e. The van der Waals surface area contributed by atoms with Crippen LogP contribution in [0.25, 0.3) is 0 Å². The molecule has 0 fully saturated rings. The van der Waals surface area contributed by atoms with Crippen LogP contribution in [0, 0.1) is 0 Å². The molecule has 0 saturated heterocycles. The molecule has 6 nitrogen and oxygen atoms in total. The number of carbonyl (C=O) groups excluding carboxylic acids is 3. The van der Waals surface area contributed by atoms with Gasteiger partial charge in [-0.05, 0) is 122 Å². The zero-order valence-electron chi connectivity index (χ0n) is 52.8. The van der Waals surface area contributed by atoms with Gasteiger partial charge < -0.3 is 14.2 Å². The predicted molar refractivity (Wildman–Crippen MR) is 353 cm³/mol. The van der Waals surface area contributed by atoms with Gasteiger partial charge in [-0.3, -0.25) is 14.4 Å². The van der Waals surface area contributed by atoms with Gasteiger partial charge in [-0.15, -0.1) is 0 Å². The average Bonchev–Trinajstić information content (AvgIpc) is 3.47. The summed E-state index contributed by atoms with van der Waals surface area (Å²) in [6.07, 6.45) is 96.0. The van der Waals surface area contributed by atoms with Gasteiger partial charge in [0.2, 0.25) is 0 Å². The lowest BCUT2D eigenvalue weighted by molar-refractivity contribution is -0.167. The van der Waals surface area contributed by atoms with E-state index in [1.807, 2.05) is 0 Å². The molecular formula is C75H124O6. The van der Waals surface area contributed by atoms with Crippen molar-refractivity contribution >= 4 is 17.9 Å².